The summed E-state index contributed by atoms with van der Waals surface area (Å²) in [4.78, 5) is 21.4. The van der Waals surface area contributed by atoms with Crippen molar-refractivity contribution < 1.29 is 34.4 Å². The van der Waals surface area contributed by atoms with E-state index in [0.29, 0.717) is 0 Å². The first kappa shape index (κ1) is 35.0. The van der Waals surface area contributed by atoms with Crippen LogP contribution in [0.5, 0.6) is 0 Å². The summed E-state index contributed by atoms with van der Waals surface area (Å²) in [6.07, 6.45) is 6.39. The van der Waals surface area contributed by atoms with Crippen molar-refractivity contribution in [2.75, 3.05) is 0 Å². The van der Waals surface area contributed by atoms with Gasteiger partial charge in [0, 0.05) is 53.5 Å². The molecule has 6 aromatic rings. The summed E-state index contributed by atoms with van der Waals surface area (Å²) in [5.74, 6) is 0.286. The largest absolute Gasteiger partial charge is 0.512 e. The van der Waals surface area contributed by atoms with Gasteiger partial charge in [-0.3, -0.25) is 9.78 Å². The summed E-state index contributed by atoms with van der Waals surface area (Å²) in [7, 11) is 0. The van der Waals surface area contributed by atoms with Crippen LogP contribution in [0.25, 0.3) is 54.9 Å². The molecule has 46 heavy (non-hydrogen) atoms. The minimum atomic E-state index is -0.337. The van der Waals surface area contributed by atoms with Gasteiger partial charge in [0.25, 0.3) is 0 Å². The number of aryl methyl sites for hydroxylation is 1. The molecular weight excluding hydrogens is 749 g/mol. The summed E-state index contributed by atoms with van der Waals surface area (Å²) in [5, 5.41) is 15.7. The van der Waals surface area contributed by atoms with Crippen LogP contribution in [0.2, 0.25) is 0 Å². The molecule has 0 aliphatic carbocycles. The van der Waals surface area contributed by atoms with E-state index >= 15 is 0 Å². The fraction of sp³-hybridized carbons (Fsp3) is 0.325. The van der Waals surface area contributed by atoms with Crippen molar-refractivity contribution in [3.63, 3.8) is 0 Å². The zero-order valence-corrected chi connectivity index (χ0v) is 30.2. The van der Waals surface area contributed by atoms with Gasteiger partial charge in [-0.2, -0.15) is 0 Å². The number of para-hydroxylation sites is 1. The van der Waals surface area contributed by atoms with Crippen LogP contribution in [0.4, 0.5) is 0 Å². The third kappa shape index (κ3) is 6.38. The van der Waals surface area contributed by atoms with Crippen LogP contribution in [0.1, 0.15) is 72.8 Å². The second-order valence-electron chi connectivity index (χ2n) is 12.5. The van der Waals surface area contributed by atoms with E-state index in [1.165, 1.54) is 22.4 Å². The maximum absolute atomic E-state index is 12.2. The van der Waals surface area contributed by atoms with Gasteiger partial charge in [-0.15, -0.1) is 18.2 Å². The number of carbonyl (C=O) groups excluding carboxylic acids is 1. The third-order valence-electron chi connectivity index (χ3n) is 10.0. The number of allylic oxidation sites excluding steroid dienone is 2. The predicted octanol–water partition coefficient (Wildman–Crippen LogP) is 11.1. The molecule has 2 heterocycles. The van der Waals surface area contributed by atoms with E-state index < -0.39 is 0 Å². The minimum absolute atomic E-state index is 0. The minimum Gasteiger partial charge on any atom is -0.512 e. The van der Waals surface area contributed by atoms with Crippen LogP contribution in [0, 0.1) is 23.8 Å². The Hall–Kier alpha value is -3.86. The summed E-state index contributed by atoms with van der Waals surface area (Å²) >= 11 is 0. The first-order valence-corrected chi connectivity index (χ1v) is 16.0. The second-order valence-corrected chi connectivity index (χ2v) is 12.5. The van der Waals surface area contributed by atoms with Crippen molar-refractivity contribution in [3.8, 4) is 11.3 Å². The Bertz CT molecular complexity index is 2030. The first-order chi connectivity index (χ1) is 21.6. The molecule has 5 nitrogen and oxygen atoms in total. The number of carbonyl (C=O) groups is 1. The van der Waals surface area contributed by atoms with Gasteiger partial charge in [-0.25, -0.2) is 4.98 Å². The Kier molecular flexibility index (Phi) is 10.9. The molecule has 0 atom stereocenters. The van der Waals surface area contributed by atoms with Crippen molar-refractivity contribution in [1.82, 2.24) is 9.97 Å². The maximum Gasteiger partial charge on any atom is 0.164 e. The normalized spacial score (nSPS) is 12.3. The van der Waals surface area contributed by atoms with Crippen LogP contribution in [0.15, 0.2) is 89.3 Å². The van der Waals surface area contributed by atoms with Crippen LogP contribution < -0.4 is 0 Å². The second kappa shape index (κ2) is 14.3. The molecule has 0 saturated carbocycles. The molecule has 6 rings (SSSR count). The number of aliphatic hydroxyl groups excluding tert-OH is 1. The molecule has 1 N–H and O–H groups in total. The van der Waals surface area contributed by atoms with E-state index in [-0.39, 0.29) is 42.5 Å². The third-order valence-corrected chi connectivity index (χ3v) is 10.0. The maximum atomic E-state index is 12.2. The summed E-state index contributed by atoms with van der Waals surface area (Å²) in [5.41, 5.74) is 4.97. The van der Waals surface area contributed by atoms with E-state index in [2.05, 4.69) is 59.4 Å². The molecule has 0 aliphatic heterocycles. The zero-order chi connectivity index (χ0) is 32.4. The van der Waals surface area contributed by atoms with E-state index in [4.69, 9.17) is 4.42 Å². The van der Waals surface area contributed by atoms with Gasteiger partial charge >= 0.3 is 0 Å². The Balaban J connectivity index is 0.000000234. The number of nitrogens with zero attached hydrogens (tertiary/aromatic N) is 2. The van der Waals surface area contributed by atoms with Gasteiger partial charge in [0.05, 0.1) is 11.1 Å². The number of hydrogen-bond acceptors (Lipinski definition) is 5. The molecule has 0 unspecified atom stereocenters. The van der Waals surface area contributed by atoms with Crippen LogP contribution in [0.3, 0.4) is 0 Å². The number of aliphatic hydroxyl groups is 1. The molecule has 1 radical (unpaired) electrons. The molecule has 0 aliphatic rings. The Morgan fingerprint density at radius 3 is 2.24 bits per heavy atom. The van der Waals surface area contributed by atoms with Crippen molar-refractivity contribution in [2.45, 2.75) is 74.1 Å². The monoisotopic (exact) mass is 792 g/mol. The van der Waals surface area contributed by atoms with Gasteiger partial charge in [0.1, 0.15) is 17.7 Å². The molecule has 0 spiro atoms. The van der Waals surface area contributed by atoms with Gasteiger partial charge in [0.2, 0.25) is 0 Å². The van der Waals surface area contributed by atoms with Crippen molar-refractivity contribution in [2.24, 2.45) is 10.8 Å². The molecule has 0 saturated heterocycles. The average molecular weight is 792 g/mol. The number of hydrogen-bond donors (Lipinski definition) is 1. The smallest absolute Gasteiger partial charge is 0.164 e. The van der Waals surface area contributed by atoms with Crippen molar-refractivity contribution in [3.05, 3.63) is 96.5 Å². The number of rotatable bonds is 8. The molecule has 241 valence electrons. The predicted molar refractivity (Wildman–Crippen MR) is 186 cm³/mol. The number of aromatic nitrogens is 2. The van der Waals surface area contributed by atoms with Crippen LogP contribution in [-0.4, -0.2) is 20.9 Å². The topological polar surface area (TPSA) is 76.2 Å². The molecule has 0 fully saturated rings. The van der Waals surface area contributed by atoms with E-state index in [1.807, 2.05) is 71.9 Å². The average Bonchev–Trinajstić information content (AvgIpc) is 3.46. The SMILES string of the molecule is CCC(C)(CC)C(=O)/C=C(\O)C(C)(CC)CC.Cc1cccc2ccc3c(-c4[c-]ccc5c4oc4ccccc45)ncnc3c12.[Ir]. The molecule has 4 aromatic carbocycles. The standard InChI is InChI=1S/C25H15N2O.C15H28O2.Ir/c1-15-6-4-7-16-12-13-19-23(26-14-27-24(19)22(15)16)20-10-5-9-18-17-8-2-3-11-21(17)28-25(18)20;1-7-14(5,8-2)12(16)11-13(17)15(6,9-3)10-4;/h2-9,11-14H,1H3;11,16H,7-10H2,1-6H3;/q-1;;/b;12-11-;. The van der Waals surface area contributed by atoms with Gasteiger partial charge < -0.3 is 9.52 Å². The van der Waals surface area contributed by atoms with Gasteiger partial charge in [-0.1, -0.05) is 101 Å². The van der Waals surface area contributed by atoms with E-state index in [1.54, 1.807) is 6.33 Å². The number of fused-ring (bicyclic) bond motifs is 6. The number of ketones is 1. The summed E-state index contributed by atoms with van der Waals surface area (Å²) < 4.78 is 6.21. The first-order valence-electron chi connectivity index (χ1n) is 16.0. The number of benzene rings is 4. The molecule has 6 heteroatoms. The quantitative estimate of drug-likeness (QED) is 0.0719. The fourth-order valence-electron chi connectivity index (χ4n) is 5.83. The van der Waals surface area contributed by atoms with Crippen molar-refractivity contribution >= 4 is 49.4 Å². The number of furan rings is 1. The van der Waals surface area contributed by atoms with Crippen molar-refractivity contribution in [1.29, 1.82) is 0 Å². The van der Waals surface area contributed by atoms with Gasteiger partial charge in [-0.05, 0) is 55.0 Å². The zero-order valence-electron chi connectivity index (χ0n) is 27.8. The Labute approximate surface area is 285 Å². The summed E-state index contributed by atoms with van der Waals surface area (Å²) in [6, 6.07) is 26.0. The van der Waals surface area contributed by atoms with Crippen LogP contribution >= 0.6 is 0 Å². The molecule has 2 aromatic heterocycles. The summed E-state index contributed by atoms with van der Waals surface area (Å²) in [6.45, 7) is 14.2. The molecular formula is C40H43IrN2O3-. The molecule has 0 amide bonds. The fourth-order valence-corrected chi connectivity index (χ4v) is 5.83. The molecule has 0 bridgehead atoms. The Morgan fingerprint density at radius 1 is 0.848 bits per heavy atom. The van der Waals surface area contributed by atoms with E-state index in [9.17, 15) is 9.90 Å². The van der Waals surface area contributed by atoms with E-state index in [0.717, 1.165) is 69.8 Å². The van der Waals surface area contributed by atoms with Gasteiger partial charge in [0.15, 0.2) is 5.78 Å². The Morgan fingerprint density at radius 2 is 1.54 bits per heavy atom. The van der Waals surface area contributed by atoms with Crippen LogP contribution in [-0.2, 0) is 24.9 Å².